The zero-order chi connectivity index (χ0) is 13.8. The normalized spacial score (nSPS) is 12.6. The highest BCUT2D eigenvalue weighted by Gasteiger charge is 2.20. The van der Waals surface area contributed by atoms with Crippen LogP contribution in [-0.4, -0.2) is 16.1 Å². The van der Waals surface area contributed by atoms with Gasteiger partial charge in [-0.05, 0) is 37.2 Å². The maximum absolute atomic E-state index is 6.30. The third kappa shape index (κ3) is 3.11. The summed E-state index contributed by atoms with van der Waals surface area (Å²) >= 11 is 12.4. The number of hydrogen-bond acceptors (Lipinski definition) is 2. The average molecular weight is 298 g/mol. The van der Waals surface area contributed by atoms with Crippen LogP contribution in [0.3, 0.4) is 0 Å². The van der Waals surface area contributed by atoms with Gasteiger partial charge in [-0.15, -0.1) is 0 Å². The number of halogens is 2. The van der Waals surface area contributed by atoms with Crippen molar-refractivity contribution >= 4 is 23.2 Å². The molecule has 1 unspecified atom stereocenters. The summed E-state index contributed by atoms with van der Waals surface area (Å²) in [7, 11) is 0. The van der Waals surface area contributed by atoms with Gasteiger partial charge in [0.05, 0.1) is 6.04 Å². The number of nitrogens with one attached hydrogen (secondary N) is 1. The molecule has 0 spiro atoms. The first-order valence-electron chi connectivity index (χ1n) is 6.36. The molecule has 1 N–H and O–H groups in total. The number of benzene rings is 1. The summed E-state index contributed by atoms with van der Waals surface area (Å²) in [5.74, 6) is 0.952. The van der Waals surface area contributed by atoms with E-state index in [2.05, 4.69) is 28.7 Å². The van der Waals surface area contributed by atoms with Crippen molar-refractivity contribution in [1.29, 1.82) is 0 Å². The van der Waals surface area contributed by atoms with Crippen molar-refractivity contribution in [3.63, 3.8) is 0 Å². The Morgan fingerprint density at radius 2 is 2.11 bits per heavy atom. The topological polar surface area (TPSA) is 29.9 Å². The second-order valence-corrected chi connectivity index (χ2v) is 5.07. The van der Waals surface area contributed by atoms with Gasteiger partial charge < -0.3 is 9.88 Å². The number of aromatic nitrogens is 2. The van der Waals surface area contributed by atoms with Gasteiger partial charge in [-0.3, -0.25) is 0 Å². The van der Waals surface area contributed by atoms with E-state index >= 15 is 0 Å². The molecule has 0 aliphatic carbocycles. The lowest BCUT2D eigenvalue weighted by Crippen LogP contribution is -2.25. The van der Waals surface area contributed by atoms with Crippen molar-refractivity contribution in [2.75, 3.05) is 6.54 Å². The fraction of sp³-hybridized carbons (Fsp3) is 0.357. The van der Waals surface area contributed by atoms with Crippen LogP contribution >= 0.6 is 23.2 Å². The van der Waals surface area contributed by atoms with Crippen LogP contribution in [0.2, 0.25) is 10.0 Å². The van der Waals surface area contributed by atoms with E-state index in [0.717, 1.165) is 24.5 Å². The molecule has 1 aromatic carbocycles. The van der Waals surface area contributed by atoms with E-state index in [-0.39, 0.29) is 6.04 Å². The van der Waals surface area contributed by atoms with E-state index in [1.165, 1.54) is 0 Å². The molecule has 0 bridgehead atoms. The lowest BCUT2D eigenvalue weighted by Gasteiger charge is -2.20. The highest BCUT2D eigenvalue weighted by molar-refractivity contribution is 6.33. The fourth-order valence-electron chi connectivity index (χ4n) is 2.13. The molecule has 3 nitrogen and oxygen atoms in total. The highest BCUT2D eigenvalue weighted by Crippen LogP contribution is 2.30. The van der Waals surface area contributed by atoms with Crippen molar-refractivity contribution in [2.24, 2.45) is 0 Å². The first kappa shape index (κ1) is 14.4. The standard InChI is InChI=1S/C14H17Cl2N3/c1-3-17-13(14-18-7-8-19(14)4-2)11-9-10(15)5-6-12(11)16/h5-9,13,17H,3-4H2,1-2H3. The molecule has 1 aromatic heterocycles. The maximum Gasteiger partial charge on any atom is 0.130 e. The number of rotatable bonds is 5. The molecule has 0 radical (unpaired) electrons. The van der Waals surface area contributed by atoms with Crippen molar-refractivity contribution in [1.82, 2.24) is 14.9 Å². The van der Waals surface area contributed by atoms with E-state index in [1.54, 1.807) is 6.07 Å². The monoisotopic (exact) mass is 297 g/mol. The average Bonchev–Trinajstić information content (AvgIpc) is 2.87. The summed E-state index contributed by atoms with van der Waals surface area (Å²) in [4.78, 5) is 4.45. The Kier molecular flexibility index (Phi) is 4.86. The van der Waals surface area contributed by atoms with Gasteiger partial charge in [-0.2, -0.15) is 0 Å². The molecular formula is C14H17Cl2N3. The minimum atomic E-state index is -0.0499. The molecule has 5 heteroatoms. The minimum absolute atomic E-state index is 0.0499. The van der Waals surface area contributed by atoms with Crippen LogP contribution in [0.5, 0.6) is 0 Å². The van der Waals surface area contributed by atoms with Crippen LogP contribution in [0.1, 0.15) is 31.3 Å². The lowest BCUT2D eigenvalue weighted by atomic mass is 10.1. The zero-order valence-electron chi connectivity index (χ0n) is 11.0. The zero-order valence-corrected chi connectivity index (χ0v) is 12.5. The summed E-state index contributed by atoms with van der Waals surface area (Å²) in [6.07, 6.45) is 3.78. The molecule has 0 saturated heterocycles. The van der Waals surface area contributed by atoms with Gasteiger partial charge >= 0.3 is 0 Å². The number of nitrogens with zero attached hydrogens (tertiary/aromatic N) is 2. The Bertz CT molecular complexity index is 551. The summed E-state index contributed by atoms with van der Waals surface area (Å²) < 4.78 is 2.10. The minimum Gasteiger partial charge on any atom is -0.334 e. The molecule has 1 atom stereocenters. The second-order valence-electron chi connectivity index (χ2n) is 4.23. The first-order chi connectivity index (χ1) is 9.17. The predicted molar refractivity (Wildman–Crippen MR) is 79.9 cm³/mol. The van der Waals surface area contributed by atoms with Crippen LogP contribution in [0.15, 0.2) is 30.6 Å². The lowest BCUT2D eigenvalue weighted by molar-refractivity contribution is 0.559. The Balaban J connectivity index is 2.48. The first-order valence-corrected chi connectivity index (χ1v) is 7.12. The van der Waals surface area contributed by atoms with E-state index in [4.69, 9.17) is 23.2 Å². The van der Waals surface area contributed by atoms with E-state index in [1.807, 2.05) is 24.5 Å². The smallest absolute Gasteiger partial charge is 0.130 e. The van der Waals surface area contributed by atoms with Gasteiger partial charge in [0.15, 0.2) is 0 Å². The van der Waals surface area contributed by atoms with Crippen LogP contribution < -0.4 is 5.32 Å². The highest BCUT2D eigenvalue weighted by atomic mass is 35.5. The van der Waals surface area contributed by atoms with Crippen molar-refractivity contribution in [2.45, 2.75) is 26.4 Å². The predicted octanol–water partition coefficient (Wildman–Crippen LogP) is 3.91. The fourth-order valence-corrected chi connectivity index (χ4v) is 2.54. The summed E-state index contributed by atoms with van der Waals surface area (Å²) in [5, 5.41) is 4.79. The van der Waals surface area contributed by atoms with Crippen molar-refractivity contribution in [3.05, 3.63) is 52.0 Å². The summed E-state index contributed by atoms with van der Waals surface area (Å²) in [5.41, 5.74) is 0.955. The van der Waals surface area contributed by atoms with Crippen LogP contribution in [-0.2, 0) is 6.54 Å². The van der Waals surface area contributed by atoms with Gasteiger partial charge in [0.25, 0.3) is 0 Å². The molecule has 0 saturated carbocycles. The van der Waals surface area contributed by atoms with E-state index in [9.17, 15) is 0 Å². The number of aryl methyl sites for hydroxylation is 1. The largest absolute Gasteiger partial charge is 0.334 e. The third-order valence-corrected chi connectivity index (χ3v) is 3.60. The van der Waals surface area contributed by atoms with Crippen LogP contribution in [0.4, 0.5) is 0 Å². The van der Waals surface area contributed by atoms with E-state index < -0.39 is 0 Å². The van der Waals surface area contributed by atoms with Gasteiger partial charge in [0.1, 0.15) is 5.82 Å². The van der Waals surface area contributed by atoms with Crippen LogP contribution in [0.25, 0.3) is 0 Å². The van der Waals surface area contributed by atoms with Gasteiger partial charge in [0, 0.05) is 29.0 Å². The van der Waals surface area contributed by atoms with Gasteiger partial charge in [0.2, 0.25) is 0 Å². The molecule has 0 amide bonds. The molecule has 2 aromatic rings. The Labute approximate surface area is 123 Å². The summed E-state index contributed by atoms with van der Waals surface area (Å²) in [6, 6.07) is 5.46. The van der Waals surface area contributed by atoms with Crippen molar-refractivity contribution < 1.29 is 0 Å². The van der Waals surface area contributed by atoms with Crippen LogP contribution in [0, 0.1) is 0 Å². The quantitative estimate of drug-likeness (QED) is 0.907. The van der Waals surface area contributed by atoms with Gasteiger partial charge in [-0.1, -0.05) is 30.1 Å². The molecule has 102 valence electrons. The SMILES string of the molecule is CCNC(c1cc(Cl)ccc1Cl)c1nccn1CC. The molecule has 0 fully saturated rings. The third-order valence-electron chi connectivity index (χ3n) is 3.02. The van der Waals surface area contributed by atoms with Gasteiger partial charge in [-0.25, -0.2) is 4.98 Å². The second kappa shape index (κ2) is 6.42. The molecule has 0 aliphatic rings. The van der Waals surface area contributed by atoms with Crippen molar-refractivity contribution in [3.8, 4) is 0 Å². The number of hydrogen-bond donors (Lipinski definition) is 1. The Morgan fingerprint density at radius 3 is 2.79 bits per heavy atom. The molecule has 2 rings (SSSR count). The Morgan fingerprint density at radius 1 is 1.32 bits per heavy atom. The number of imidazole rings is 1. The Hall–Kier alpha value is -1.03. The molecule has 0 aliphatic heterocycles. The molecule has 19 heavy (non-hydrogen) atoms. The summed E-state index contributed by atoms with van der Waals surface area (Å²) in [6.45, 7) is 5.85. The molecular weight excluding hydrogens is 281 g/mol. The molecule has 1 heterocycles. The maximum atomic E-state index is 6.30. The van der Waals surface area contributed by atoms with E-state index in [0.29, 0.717) is 10.0 Å².